The number of likely N-dealkylation sites (N-methyl/N-ethyl adjacent to an activating group) is 1. The molecule has 0 aromatic carbocycles. The Morgan fingerprint density at radius 2 is 1.82 bits per heavy atom. The summed E-state index contributed by atoms with van der Waals surface area (Å²) < 4.78 is 0. The van der Waals surface area contributed by atoms with Crippen molar-refractivity contribution < 1.29 is 0 Å². The lowest BCUT2D eigenvalue weighted by molar-refractivity contribution is 0.229. The number of nitrogens with two attached hydrogens (primary N) is 1. The zero-order valence-electron chi connectivity index (χ0n) is 8.28. The first-order valence-corrected chi connectivity index (χ1v) is 4.51. The minimum absolute atomic E-state index is 0.280. The van der Waals surface area contributed by atoms with Gasteiger partial charge < -0.3 is 11.1 Å². The largest absolute Gasteiger partial charge is 0.326 e. The summed E-state index contributed by atoms with van der Waals surface area (Å²) in [5.74, 6) is 0. The minimum atomic E-state index is 0.280. The van der Waals surface area contributed by atoms with E-state index in [9.17, 15) is 0 Å². The van der Waals surface area contributed by atoms with Crippen LogP contribution in [0.2, 0.25) is 0 Å². The van der Waals surface area contributed by atoms with Gasteiger partial charge in [0, 0.05) is 12.6 Å². The van der Waals surface area contributed by atoms with Crippen molar-refractivity contribution in [3.05, 3.63) is 0 Å². The third kappa shape index (κ3) is 2.80. The Kier molecular flexibility index (Phi) is 4.69. The Morgan fingerprint density at radius 1 is 1.36 bits per heavy atom. The van der Waals surface area contributed by atoms with Crippen LogP contribution in [0.3, 0.4) is 0 Å². The topological polar surface area (TPSA) is 38.0 Å². The van der Waals surface area contributed by atoms with Gasteiger partial charge in [-0.1, -0.05) is 20.8 Å². The summed E-state index contributed by atoms with van der Waals surface area (Å²) in [5, 5.41) is 3.12. The van der Waals surface area contributed by atoms with Crippen molar-refractivity contribution in [3.8, 4) is 0 Å². The maximum Gasteiger partial charge on any atom is 0.0219 e. The predicted molar refractivity (Wildman–Crippen MR) is 50.6 cm³/mol. The van der Waals surface area contributed by atoms with Gasteiger partial charge in [-0.15, -0.1) is 0 Å². The number of rotatable bonds is 5. The first kappa shape index (κ1) is 10.9. The maximum atomic E-state index is 6.02. The lowest BCUT2D eigenvalue weighted by atomic mass is 9.78. The highest BCUT2D eigenvalue weighted by molar-refractivity contribution is 4.84. The smallest absolute Gasteiger partial charge is 0.0219 e. The van der Waals surface area contributed by atoms with Crippen molar-refractivity contribution in [1.29, 1.82) is 0 Å². The lowest BCUT2D eigenvalue weighted by Gasteiger charge is -2.33. The van der Waals surface area contributed by atoms with Gasteiger partial charge in [0.2, 0.25) is 0 Å². The molecule has 11 heavy (non-hydrogen) atoms. The summed E-state index contributed by atoms with van der Waals surface area (Å²) in [4.78, 5) is 0. The Morgan fingerprint density at radius 3 is 2.09 bits per heavy atom. The third-order valence-corrected chi connectivity index (χ3v) is 2.93. The molecule has 0 heterocycles. The molecule has 3 N–H and O–H groups in total. The fourth-order valence-electron chi connectivity index (χ4n) is 1.24. The highest BCUT2D eigenvalue weighted by atomic mass is 14.9. The van der Waals surface area contributed by atoms with Gasteiger partial charge in [0.1, 0.15) is 0 Å². The van der Waals surface area contributed by atoms with Crippen LogP contribution in [-0.2, 0) is 0 Å². The van der Waals surface area contributed by atoms with Crippen LogP contribution in [0, 0.1) is 5.41 Å². The van der Waals surface area contributed by atoms with Crippen LogP contribution in [0.5, 0.6) is 0 Å². The van der Waals surface area contributed by atoms with Crippen molar-refractivity contribution in [2.45, 2.75) is 39.7 Å². The van der Waals surface area contributed by atoms with Gasteiger partial charge in [0.15, 0.2) is 0 Å². The molecule has 0 rings (SSSR count). The van der Waals surface area contributed by atoms with Crippen LogP contribution in [-0.4, -0.2) is 19.6 Å². The average molecular weight is 158 g/mol. The highest BCUT2D eigenvalue weighted by Gasteiger charge is 2.26. The molecule has 1 atom stereocenters. The van der Waals surface area contributed by atoms with Gasteiger partial charge in [0.25, 0.3) is 0 Å². The molecule has 0 amide bonds. The third-order valence-electron chi connectivity index (χ3n) is 2.93. The van der Waals surface area contributed by atoms with E-state index in [1.165, 1.54) is 0 Å². The molecular formula is C9H22N2. The van der Waals surface area contributed by atoms with Crippen LogP contribution in [0.4, 0.5) is 0 Å². The molecular weight excluding hydrogens is 136 g/mol. The van der Waals surface area contributed by atoms with E-state index < -0.39 is 0 Å². The molecule has 68 valence electrons. The summed E-state index contributed by atoms with van der Waals surface area (Å²) in [6.07, 6.45) is 2.32. The van der Waals surface area contributed by atoms with Gasteiger partial charge in [-0.05, 0) is 25.3 Å². The normalized spacial score (nSPS) is 15.0. The van der Waals surface area contributed by atoms with Gasteiger partial charge in [-0.25, -0.2) is 0 Å². The quantitative estimate of drug-likeness (QED) is 0.634. The Hall–Kier alpha value is -0.0800. The van der Waals surface area contributed by atoms with Crippen molar-refractivity contribution in [2.24, 2.45) is 11.1 Å². The number of hydrogen-bond acceptors (Lipinski definition) is 2. The molecule has 0 aliphatic heterocycles. The first-order valence-electron chi connectivity index (χ1n) is 4.51. The zero-order chi connectivity index (χ0) is 8.91. The molecule has 0 aliphatic carbocycles. The monoisotopic (exact) mass is 158 g/mol. The molecule has 0 fully saturated rings. The molecule has 0 radical (unpaired) electrons. The summed E-state index contributed by atoms with van der Waals surface area (Å²) in [6.45, 7) is 7.59. The molecule has 0 bridgehead atoms. The summed E-state index contributed by atoms with van der Waals surface area (Å²) in [5.41, 5.74) is 6.33. The Bertz CT molecular complexity index is 97.7. The molecule has 0 saturated heterocycles. The standard InChI is InChI=1S/C9H22N2/c1-5-9(3,6-2)8(10)7-11-4/h8,11H,5-7,10H2,1-4H3. The molecule has 0 aliphatic rings. The second-order valence-corrected chi connectivity index (χ2v) is 3.53. The van der Waals surface area contributed by atoms with Crippen molar-refractivity contribution in [1.82, 2.24) is 5.32 Å². The highest BCUT2D eigenvalue weighted by Crippen LogP contribution is 2.27. The molecule has 2 nitrogen and oxygen atoms in total. The lowest BCUT2D eigenvalue weighted by Crippen LogP contribution is -2.45. The summed E-state index contributed by atoms with van der Waals surface area (Å²) in [6, 6.07) is 0.280. The Labute approximate surface area is 70.5 Å². The number of nitrogens with one attached hydrogen (secondary N) is 1. The van der Waals surface area contributed by atoms with E-state index >= 15 is 0 Å². The molecule has 0 aromatic rings. The second-order valence-electron chi connectivity index (χ2n) is 3.53. The van der Waals surface area contributed by atoms with Gasteiger partial charge in [-0.2, -0.15) is 0 Å². The van der Waals surface area contributed by atoms with Crippen LogP contribution < -0.4 is 11.1 Å². The van der Waals surface area contributed by atoms with E-state index in [4.69, 9.17) is 5.73 Å². The molecule has 0 saturated carbocycles. The summed E-state index contributed by atoms with van der Waals surface area (Å²) >= 11 is 0. The van der Waals surface area contributed by atoms with E-state index in [1.54, 1.807) is 0 Å². The maximum absolute atomic E-state index is 6.02. The van der Waals surface area contributed by atoms with E-state index in [0.717, 1.165) is 19.4 Å². The average Bonchev–Trinajstić information content (AvgIpc) is 2.03. The van der Waals surface area contributed by atoms with Crippen LogP contribution >= 0.6 is 0 Å². The SMILES string of the molecule is CCC(C)(CC)C(N)CNC. The van der Waals surface area contributed by atoms with E-state index in [1.807, 2.05) is 7.05 Å². The fourth-order valence-corrected chi connectivity index (χ4v) is 1.24. The van der Waals surface area contributed by atoms with Crippen molar-refractivity contribution >= 4 is 0 Å². The minimum Gasteiger partial charge on any atom is -0.326 e. The van der Waals surface area contributed by atoms with E-state index in [-0.39, 0.29) is 6.04 Å². The predicted octanol–water partition coefficient (Wildman–Crippen LogP) is 1.36. The molecule has 0 spiro atoms. The van der Waals surface area contributed by atoms with Gasteiger partial charge in [-0.3, -0.25) is 0 Å². The van der Waals surface area contributed by atoms with Gasteiger partial charge in [0.05, 0.1) is 0 Å². The summed E-state index contributed by atoms with van der Waals surface area (Å²) in [7, 11) is 1.95. The second kappa shape index (κ2) is 4.73. The van der Waals surface area contributed by atoms with E-state index in [0.29, 0.717) is 5.41 Å². The fraction of sp³-hybridized carbons (Fsp3) is 1.00. The zero-order valence-corrected chi connectivity index (χ0v) is 8.28. The van der Waals surface area contributed by atoms with Crippen LogP contribution in [0.1, 0.15) is 33.6 Å². The molecule has 1 unspecified atom stereocenters. The van der Waals surface area contributed by atoms with Crippen molar-refractivity contribution in [3.63, 3.8) is 0 Å². The van der Waals surface area contributed by atoms with Crippen molar-refractivity contribution in [2.75, 3.05) is 13.6 Å². The van der Waals surface area contributed by atoms with Crippen LogP contribution in [0.25, 0.3) is 0 Å². The van der Waals surface area contributed by atoms with Crippen LogP contribution in [0.15, 0.2) is 0 Å². The van der Waals surface area contributed by atoms with Gasteiger partial charge >= 0.3 is 0 Å². The number of hydrogen-bond donors (Lipinski definition) is 2. The first-order chi connectivity index (χ1) is 5.10. The molecule has 2 heteroatoms. The Balaban J connectivity index is 4.00. The molecule has 0 aromatic heterocycles. The van der Waals surface area contributed by atoms with E-state index in [2.05, 4.69) is 26.1 Å².